The standard InChI is InChI=1S/C13H16Br2N6O4S/c14-7-6-9(19-10(7)15)12(22)18-3-1-2-8-11(21-13(16)20-8)17-4-5-26(23,24)25/h2,6,19H,1,3-5H2,(H,18,22)(H,23,24,25)(H3,16,17,20,21)/b8-2-. The van der Waals surface area contributed by atoms with Gasteiger partial charge in [-0.15, -0.1) is 0 Å². The van der Waals surface area contributed by atoms with Crippen LogP contribution in [0.3, 0.4) is 0 Å². The van der Waals surface area contributed by atoms with Gasteiger partial charge in [0.25, 0.3) is 16.0 Å². The Morgan fingerprint density at radius 1 is 1.46 bits per heavy atom. The summed E-state index contributed by atoms with van der Waals surface area (Å²) in [5.41, 5.74) is 6.51. The molecule has 10 nitrogen and oxygen atoms in total. The van der Waals surface area contributed by atoms with Crippen LogP contribution in [0.25, 0.3) is 0 Å². The molecule has 0 saturated heterocycles. The third-order valence-corrected chi connectivity index (χ3v) is 5.57. The van der Waals surface area contributed by atoms with Gasteiger partial charge >= 0.3 is 0 Å². The van der Waals surface area contributed by atoms with Crippen molar-refractivity contribution in [2.45, 2.75) is 6.42 Å². The van der Waals surface area contributed by atoms with Crippen molar-refractivity contribution < 1.29 is 17.8 Å². The minimum atomic E-state index is -4.09. The van der Waals surface area contributed by atoms with Crippen molar-refractivity contribution in [1.29, 1.82) is 0 Å². The van der Waals surface area contributed by atoms with E-state index in [0.29, 0.717) is 29.0 Å². The summed E-state index contributed by atoms with van der Waals surface area (Å²) < 4.78 is 31.6. The molecule has 0 bridgehead atoms. The Hall–Kier alpha value is -1.70. The van der Waals surface area contributed by atoms with Gasteiger partial charge in [0.1, 0.15) is 5.69 Å². The van der Waals surface area contributed by atoms with E-state index in [1.807, 2.05) is 0 Å². The van der Waals surface area contributed by atoms with Crippen molar-refractivity contribution in [3.05, 3.63) is 32.6 Å². The van der Waals surface area contributed by atoms with Gasteiger partial charge < -0.3 is 21.4 Å². The summed E-state index contributed by atoms with van der Waals surface area (Å²) in [6.45, 7) is 0.216. The predicted octanol–water partition coefficient (Wildman–Crippen LogP) is 0.748. The molecule has 0 unspecified atom stereocenters. The molecule has 2 rings (SSSR count). The molecule has 1 aromatic rings. The number of hydrogen-bond donors (Lipinski definition) is 5. The first-order chi connectivity index (χ1) is 12.2. The number of rotatable bonds is 7. The van der Waals surface area contributed by atoms with Crippen LogP contribution in [0.5, 0.6) is 0 Å². The highest BCUT2D eigenvalue weighted by Gasteiger charge is 2.16. The van der Waals surface area contributed by atoms with Gasteiger partial charge in [-0.1, -0.05) is 6.08 Å². The zero-order chi connectivity index (χ0) is 19.3. The Labute approximate surface area is 166 Å². The van der Waals surface area contributed by atoms with Crippen molar-refractivity contribution in [3.63, 3.8) is 0 Å². The van der Waals surface area contributed by atoms with E-state index in [1.54, 1.807) is 12.1 Å². The number of H-pyrrole nitrogens is 1. The summed E-state index contributed by atoms with van der Waals surface area (Å²) in [5, 5.41) is 5.54. The molecule has 1 aliphatic heterocycles. The third kappa shape index (κ3) is 6.23. The molecule has 142 valence electrons. The van der Waals surface area contributed by atoms with Crippen LogP contribution in [-0.4, -0.2) is 54.5 Å². The van der Waals surface area contributed by atoms with Crippen LogP contribution in [0.1, 0.15) is 16.9 Å². The Bertz CT molecular complexity index is 871. The Kier molecular flexibility index (Phi) is 6.97. The van der Waals surface area contributed by atoms with Crippen molar-refractivity contribution in [3.8, 4) is 0 Å². The summed E-state index contributed by atoms with van der Waals surface area (Å²) in [6, 6.07) is 1.66. The van der Waals surface area contributed by atoms with Gasteiger partial charge in [-0.05, 0) is 44.3 Å². The molecule has 0 radical (unpaired) electrons. The van der Waals surface area contributed by atoms with Crippen LogP contribution in [-0.2, 0) is 10.1 Å². The zero-order valence-corrected chi connectivity index (χ0v) is 17.3. The molecule has 6 N–H and O–H groups in total. The summed E-state index contributed by atoms with van der Waals surface area (Å²) in [6.07, 6.45) is 2.20. The molecule has 0 saturated carbocycles. The number of nitrogens with one attached hydrogen (secondary N) is 3. The number of nitrogens with zero attached hydrogens (tertiary/aromatic N) is 2. The monoisotopic (exact) mass is 510 g/mol. The maximum Gasteiger partial charge on any atom is 0.267 e. The highest BCUT2D eigenvalue weighted by atomic mass is 79.9. The molecule has 1 aliphatic rings. The quantitative estimate of drug-likeness (QED) is 0.268. The lowest BCUT2D eigenvalue weighted by molar-refractivity contribution is 0.0950. The smallest absolute Gasteiger partial charge is 0.267 e. The second kappa shape index (κ2) is 8.79. The van der Waals surface area contributed by atoms with Crippen molar-refractivity contribution in [1.82, 2.24) is 15.6 Å². The molecule has 0 spiro atoms. The molecule has 0 aliphatic carbocycles. The SMILES string of the molecule is NC1=NC(=NCCS(=O)(=O)O)/C(=C/CCNC(=O)c2cc(Br)c(Br)[nH]2)N1. The average Bonchev–Trinajstić information content (AvgIpc) is 3.05. The molecule has 1 amide bonds. The fourth-order valence-corrected chi connectivity index (χ4v) is 2.93. The Balaban J connectivity index is 1.88. The fourth-order valence-electron chi connectivity index (χ4n) is 1.95. The van der Waals surface area contributed by atoms with Gasteiger partial charge in [-0.25, -0.2) is 0 Å². The lowest BCUT2D eigenvalue weighted by Crippen LogP contribution is -2.27. The fraction of sp³-hybridized carbons (Fsp3) is 0.308. The number of aliphatic imine (C=N–C) groups is 2. The summed E-state index contributed by atoms with van der Waals surface area (Å²) in [4.78, 5) is 22.8. The molecule has 26 heavy (non-hydrogen) atoms. The van der Waals surface area contributed by atoms with E-state index in [4.69, 9.17) is 10.3 Å². The number of carbonyl (C=O) groups excluding carboxylic acids is 1. The predicted molar refractivity (Wildman–Crippen MR) is 105 cm³/mol. The minimum Gasteiger partial charge on any atom is -0.369 e. The molecular weight excluding hydrogens is 496 g/mol. The normalized spacial score (nSPS) is 17.4. The van der Waals surface area contributed by atoms with Crippen LogP contribution in [0.2, 0.25) is 0 Å². The van der Waals surface area contributed by atoms with Crippen LogP contribution < -0.4 is 16.4 Å². The van der Waals surface area contributed by atoms with Crippen molar-refractivity contribution in [2.24, 2.45) is 15.7 Å². The van der Waals surface area contributed by atoms with E-state index in [9.17, 15) is 13.2 Å². The number of aromatic nitrogens is 1. The van der Waals surface area contributed by atoms with E-state index in [2.05, 4.69) is 57.5 Å². The van der Waals surface area contributed by atoms with E-state index < -0.39 is 15.9 Å². The number of carbonyl (C=O) groups is 1. The topological polar surface area (TPSA) is 162 Å². The number of amidine groups is 1. The Morgan fingerprint density at radius 3 is 2.81 bits per heavy atom. The third-order valence-electron chi connectivity index (χ3n) is 3.09. The van der Waals surface area contributed by atoms with Crippen LogP contribution in [0, 0.1) is 0 Å². The van der Waals surface area contributed by atoms with Gasteiger partial charge in [0.15, 0.2) is 11.8 Å². The lowest BCUT2D eigenvalue weighted by atomic mass is 10.3. The number of hydrogen-bond acceptors (Lipinski definition) is 6. The molecular formula is C13H16Br2N6O4S. The van der Waals surface area contributed by atoms with Gasteiger partial charge in [-0.2, -0.15) is 13.4 Å². The summed E-state index contributed by atoms with van der Waals surface area (Å²) >= 11 is 6.55. The van der Waals surface area contributed by atoms with E-state index in [-0.39, 0.29) is 24.2 Å². The molecule has 2 heterocycles. The first-order valence-corrected chi connectivity index (χ1v) is 10.5. The number of halogens is 2. The van der Waals surface area contributed by atoms with Gasteiger partial charge in [0.2, 0.25) is 0 Å². The second-order valence-corrected chi connectivity index (χ2v) is 8.34. The molecule has 13 heteroatoms. The number of aromatic amines is 1. The molecule has 1 aromatic heterocycles. The maximum atomic E-state index is 12.0. The van der Waals surface area contributed by atoms with E-state index in [1.165, 1.54) is 0 Å². The maximum absolute atomic E-state index is 12.0. The number of guanidine groups is 1. The number of nitrogens with two attached hydrogens (primary N) is 1. The number of amides is 1. The summed E-state index contributed by atoms with van der Waals surface area (Å²) in [5.74, 6) is -0.384. The van der Waals surface area contributed by atoms with Crippen molar-refractivity contribution in [2.75, 3.05) is 18.8 Å². The average molecular weight is 512 g/mol. The Morgan fingerprint density at radius 2 is 2.19 bits per heavy atom. The zero-order valence-electron chi connectivity index (χ0n) is 13.3. The highest BCUT2D eigenvalue weighted by Crippen LogP contribution is 2.22. The second-order valence-electron chi connectivity index (χ2n) is 5.12. The highest BCUT2D eigenvalue weighted by molar-refractivity contribution is 9.13. The first-order valence-electron chi connectivity index (χ1n) is 7.29. The molecule has 0 aromatic carbocycles. The van der Waals surface area contributed by atoms with Gasteiger partial charge in [-0.3, -0.25) is 14.3 Å². The largest absolute Gasteiger partial charge is 0.369 e. The van der Waals surface area contributed by atoms with Gasteiger partial charge in [0, 0.05) is 6.54 Å². The summed E-state index contributed by atoms with van der Waals surface area (Å²) in [7, 11) is -4.09. The lowest BCUT2D eigenvalue weighted by Gasteiger charge is -2.03. The van der Waals surface area contributed by atoms with Crippen molar-refractivity contribution >= 4 is 59.7 Å². The van der Waals surface area contributed by atoms with Crippen LogP contribution in [0.15, 0.2) is 36.9 Å². The first kappa shape index (κ1) is 20.6. The van der Waals surface area contributed by atoms with Gasteiger partial charge in [0.05, 0.1) is 27.1 Å². The van der Waals surface area contributed by atoms with E-state index >= 15 is 0 Å². The molecule has 0 fully saturated rings. The van der Waals surface area contributed by atoms with E-state index in [0.717, 1.165) is 4.47 Å². The van der Waals surface area contributed by atoms with Crippen LogP contribution in [0.4, 0.5) is 0 Å². The minimum absolute atomic E-state index is 0.131. The molecule has 0 atom stereocenters. The van der Waals surface area contributed by atoms with Crippen LogP contribution >= 0.6 is 31.9 Å².